The number of methoxy groups -OCH3 is 1. The Labute approximate surface area is 177 Å². The van der Waals surface area contributed by atoms with E-state index in [1.165, 1.54) is 0 Å². The number of benzene rings is 2. The Balaban J connectivity index is 1.43. The molecule has 5 rings (SSSR count). The molecule has 1 fully saturated rings. The standard InChI is InChI=1S/C22H18ClN3O4/c1-12-17-10-16(28-2)6-7-18(17)29-20(12)21-24-22(30-25-21)13-8-19(27)26(11-13)15-5-3-4-14(23)9-15/h3-7,9-10,13H,8,11H2,1-2H3. The Morgan fingerprint density at radius 2 is 2.10 bits per heavy atom. The van der Waals surface area contributed by atoms with Crippen molar-refractivity contribution in [2.75, 3.05) is 18.6 Å². The molecule has 1 unspecified atom stereocenters. The van der Waals surface area contributed by atoms with Crippen molar-refractivity contribution in [3.8, 4) is 17.3 Å². The number of carbonyl (C=O) groups excluding carboxylic acids is 1. The Kier molecular flexibility index (Phi) is 4.47. The van der Waals surface area contributed by atoms with Crippen LogP contribution in [0.25, 0.3) is 22.6 Å². The number of hydrogen-bond donors (Lipinski definition) is 0. The molecule has 3 heterocycles. The van der Waals surface area contributed by atoms with Gasteiger partial charge >= 0.3 is 0 Å². The van der Waals surface area contributed by atoms with Crippen molar-refractivity contribution in [1.29, 1.82) is 0 Å². The van der Waals surface area contributed by atoms with Gasteiger partial charge in [0.05, 0.1) is 13.0 Å². The number of amides is 1. The molecule has 0 saturated carbocycles. The van der Waals surface area contributed by atoms with Crippen LogP contribution >= 0.6 is 11.6 Å². The van der Waals surface area contributed by atoms with E-state index in [2.05, 4.69) is 10.1 Å². The molecule has 0 spiro atoms. The first-order chi connectivity index (χ1) is 14.5. The number of furan rings is 1. The second kappa shape index (κ2) is 7.18. The summed E-state index contributed by atoms with van der Waals surface area (Å²) in [6.45, 7) is 2.40. The molecule has 0 radical (unpaired) electrons. The number of aryl methyl sites for hydroxylation is 1. The molecule has 152 valence electrons. The summed E-state index contributed by atoms with van der Waals surface area (Å²) in [6.07, 6.45) is 0.296. The van der Waals surface area contributed by atoms with E-state index in [-0.39, 0.29) is 11.8 Å². The minimum Gasteiger partial charge on any atom is -0.497 e. The van der Waals surface area contributed by atoms with Crippen LogP contribution in [0.4, 0.5) is 5.69 Å². The molecule has 0 aliphatic carbocycles. The van der Waals surface area contributed by atoms with Gasteiger partial charge in [-0.15, -0.1) is 0 Å². The zero-order valence-corrected chi connectivity index (χ0v) is 17.1. The van der Waals surface area contributed by atoms with Crippen LogP contribution < -0.4 is 9.64 Å². The summed E-state index contributed by atoms with van der Waals surface area (Å²) in [5.41, 5.74) is 2.38. The Morgan fingerprint density at radius 3 is 2.90 bits per heavy atom. The second-order valence-electron chi connectivity index (χ2n) is 7.26. The third kappa shape index (κ3) is 3.11. The number of carbonyl (C=O) groups is 1. The minimum atomic E-state index is -0.192. The number of rotatable bonds is 4. The molecular weight excluding hydrogens is 406 g/mol. The van der Waals surface area contributed by atoms with E-state index in [9.17, 15) is 4.79 Å². The van der Waals surface area contributed by atoms with Crippen LogP contribution in [0.1, 0.15) is 23.8 Å². The molecule has 7 nitrogen and oxygen atoms in total. The summed E-state index contributed by atoms with van der Waals surface area (Å²) in [6, 6.07) is 12.8. The van der Waals surface area contributed by atoms with Crippen LogP contribution in [0, 0.1) is 6.92 Å². The molecule has 2 aromatic carbocycles. The highest BCUT2D eigenvalue weighted by molar-refractivity contribution is 6.30. The number of fused-ring (bicyclic) bond motifs is 1. The maximum atomic E-state index is 12.5. The Hall–Kier alpha value is -3.32. The van der Waals surface area contributed by atoms with E-state index in [4.69, 9.17) is 25.3 Å². The van der Waals surface area contributed by atoms with Crippen molar-refractivity contribution >= 4 is 34.2 Å². The van der Waals surface area contributed by atoms with Crippen molar-refractivity contribution in [3.63, 3.8) is 0 Å². The highest BCUT2D eigenvalue weighted by atomic mass is 35.5. The van der Waals surface area contributed by atoms with E-state index in [0.717, 1.165) is 28.0 Å². The molecule has 0 bridgehead atoms. The van der Waals surface area contributed by atoms with Crippen LogP contribution in [-0.4, -0.2) is 29.7 Å². The van der Waals surface area contributed by atoms with Gasteiger partial charge in [-0.2, -0.15) is 4.98 Å². The van der Waals surface area contributed by atoms with Crippen molar-refractivity contribution in [2.45, 2.75) is 19.3 Å². The highest BCUT2D eigenvalue weighted by Crippen LogP contribution is 2.36. The Bertz CT molecular complexity index is 1260. The molecule has 4 aromatic rings. The average molecular weight is 424 g/mol. The van der Waals surface area contributed by atoms with E-state index < -0.39 is 0 Å². The highest BCUT2D eigenvalue weighted by Gasteiger charge is 2.35. The van der Waals surface area contributed by atoms with Gasteiger partial charge in [-0.1, -0.05) is 22.8 Å². The third-order valence-corrected chi connectivity index (χ3v) is 5.62. The van der Waals surface area contributed by atoms with Gasteiger partial charge in [0.2, 0.25) is 17.6 Å². The molecule has 1 amide bonds. The lowest BCUT2D eigenvalue weighted by Crippen LogP contribution is -2.24. The topological polar surface area (TPSA) is 81.6 Å². The summed E-state index contributed by atoms with van der Waals surface area (Å²) in [5, 5.41) is 5.62. The van der Waals surface area contributed by atoms with E-state index in [1.807, 2.05) is 37.3 Å². The SMILES string of the molecule is COc1ccc2oc(-c3noc(C4CC(=O)N(c5cccc(Cl)c5)C4)n3)c(C)c2c1. The first-order valence-electron chi connectivity index (χ1n) is 9.50. The van der Waals surface area contributed by atoms with Crippen LogP contribution in [0.2, 0.25) is 5.02 Å². The molecular formula is C22H18ClN3O4. The fourth-order valence-electron chi connectivity index (χ4n) is 3.80. The van der Waals surface area contributed by atoms with Crippen molar-refractivity contribution in [2.24, 2.45) is 0 Å². The molecule has 1 aliphatic heterocycles. The lowest BCUT2D eigenvalue weighted by atomic mass is 10.1. The van der Waals surface area contributed by atoms with Gasteiger partial charge in [-0.25, -0.2) is 0 Å². The molecule has 2 aromatic heterocycles. The fourth-order valence-corrected chi connectivity index (χ4v) is 3.98. The number of hydrogen-bond acceptors (Lipinski definition) is 6. The zero-order chi connectivity index (χ0) is 20.8. The van der Waals surface area contributed by atoms with Crippen LogP contribution in [0.5, 0.6) is 5.75 Å². The number of aromatic nitrogens is 2. The zero-order valence-electron chi connectivity index (χ0n) is 16.4. The van der Waals surface area contributed by atoms with Gasteiger partial charge in [-0.05, 0) is 43.3 Å². The van der Waals surface area contributed by atoms with E-state index in [0.29, 0.717) is 35.5 Å². The predicted octanol–water partition coefficient (Wildman–Crippen LogP) is 4.97. The molecule has 8 heteroatoms. The molecule has 1 aliphatic rings. The predicted molar refractivity (Wildman–Crippen MR) is 112 cm³/mol. The van der Waals surface area contributed by atoms with Gasteiger partial charge in [0.15, 0.2) is 5.76 Å². The van der Waals surface area contributed by atoms with Crippen molar-refractivity contribution in [1.82, 2.24) is 10.1 Å². The maximum Gasteiger partial charge on any atom is 0.238 e. The third-order valence-electron chi connectivity index (χ3n) is 5.38. The van der Waals surface area contributed by atoms with Gasteiger partial charge in [-0.3, -0.25) is 4.79 Å². The number of halogens is 1. The first kappa shape index (κ1) is 18.7. The van der Waals surface area contributed by atoms with Crippen LogP contribution in [0.3, 0.4) is 0 Å². The van der Waals surface area contributed by atoms with Gasteiger partial charge in [0.1, 0.15) is 11.3 Å². The van der Waals surface area contributed by atoms with Crippen molar-refractivity contribution < 1.29 is 18.5 Å². The summed E-state index contributed by atoms with van der Waals surface area (Å²) in [4.78, 5) is 18.8. The lowest BCUT2D eigenvalue weighted by molar-refractivity contribution is -0.117. The average Bonchev–Trinajstić information content (AvgIpc) is 3.45. The van der Waals surface area contributed by atoms with Gasteiger partial charge in [0.25, 0.3) is 0 Å². The molecule has 0 N–H and O–H groups in total. The number of ether oxygens (including phenoxy) is 1. The van der Waals surface area contributed by atoms with E-state index in [1.54, 1.807) is 24.1 Å². The molecule has 1 atom stereocenters. The van der Waals surface area contributed by atoms with E-state index >= 15 is 0 Å². The fraction of sp³-hybridized carbons (Fsp3) is 0.227. The molecule has 1 saturated heterocycles. The normalized spacial score (nSPS) is 16.6. The van der Waals surface area contributed by atoms with Gasteiger partial charge < -0.3 is 18.6 Å². The number of anilines is 1. The monoisotopic (exact) mass is 423 g/mol. The van der Waals surface area contributed by atoms with Crippen LogP contribution in [-0.2, 0) is 4.79 Å². The summed E-state index contributed by atoms with van der Waals surface area (Å²) < 4.78 is 16.7. The summed E-state index contributed by atoms with van der Waals surface area (Å²) >= 11 is 6.07. The smallest absolute Gasteiger partial charge is 0.238 e. The quantitative estimate of drug-likeness (QED) is 0.460. The minimum absolute atomic E-state index is 0.00553. The second-order valence-corrected chi connectivity index (χ2v) is 7.70. The maximum absolute atomic E-state index is 12.5. The summed E-state index contributed by atoms with van der Waals surface area (Å²) in [7, 11) is 1.62. The largest absolute Gasteiger partial charge is 0.497 e. The van der Waals surface area contributed by atoms with Crippen LogP contribution in [0.15, 0.2) is 51.4 Å². The summed E-state index contributed by atoms with van der Waals surface area (Å²) in [5.74, 6) is 1.88. The van der Waals surface area contributed by atoms with Gasteiger partial charge in [0, 0.05) is 34.6 Å². The number of nitrogens with zero attached hydrogens (tertiary/aromatic N) is 3. The van der Waals surface area contributed by atoms with Crippen molar-refractivity contribution in [3.05, 3.63) is 58.9 Å². The Morgan fingerprint density at radius 1 is 1.23 bits per heavy atom. The lowest BCUT2D eigenvalue weighted by Gasteiger charge is -2.16. The molecule has 30 heavy (non-hydrogen) atoms. The first-order valence-corrected chi connectivity index (χ1v) is 9.88.